The van der Waals surface area contributed by atoms with Crippen LogP contribution in [-0.4, -0.2) is 54.8 Å². The third-order valence-corrected chi connectivity index (χ3v) is 7.81. The van der Waals surface area contributed by atoms with Crippen LogP contribution in [0.25, 0.3) is 0 Å². The lowest BCUT2D eigenvalue weighted by molar-refractivity contribution is -0.246. The lowest BCUT2D eigenvalue weighted by Gasteiger charge is -2.36. The van der Waals surface area contributed by atoms with E-state index in [2.05, 4.69) is 5.32 Å². The fourth-order valence-corrected chi connectivity index (χ4v) is 6.22. The Hall–Kier alpha value is -1.71. The summed E-state index contributed by atoms with van der Waals surface area (Å²) in [6.45, 7) is 2.42. The molecule has 8 nitrogen and oxygen atoms in total. The molecule has 1 N–H and O–H groups in total. The quantitative estimate of drug-likeness (QED) is 0.699. The lowest BCUT2D eigenvalue weighted by atomic mass is 9.94. The fraction of sp³-hybridized carbons (Fsp3) is 0.731. The second-order valence-electron chi connectivity index (χ2n) is 10.2. The second kappa shape index (κ2) is 9.06. The van der Waals surface area contributed by atoms with Gasteiger partial charge >= 0.3 is 0 Å². The van der Waals surface area contributed by atoms with Crippen molar-refractivity contribution in [2.45, 2.75) is 113 Å². The number of carbonyl (C=O) groups excluding carboxylic acids is 1. The summed E-state index contributed by atoms with van der Waals surface area (Å²) in [5.74, 6) is -0.974. The molecule has 3 saturated heterocycles. The number of rotatable bonds is 4. The monoisotopic (exact) mass is 473 g/mol. The van der Waals surface area contributed by atoms with E-state index >= 15 is 0 Å². The van der Waals surface area contributed by atoms with E-state index in [1.165, 1.54) is 12.8 Å². The Morgan fingerprint density at radius 2 is 1.50 bits per heavy atom. The minimum absolute atomic E-state index is 0.287. The molecule has 8 heteroatoms. The molecule has 6 rings (SSSR count). The van der Waals surface area contributed by atoms with Gasteiger partial charge in [-0.05, 0) is 44.7 Å². The molecule has 5 fully saturated rings. The molecule has 5 atom stereocenters. The number of para-hydroxylation sites is 2. The van der Waals surface area contributed by atoms with Gasteiger partial charge in [-0.2, -0.15) is 0 Å². The lowest BCUT2D eigenvalue weighted by Crippen LogP contribution is -2.58. The van der Waals surface area contributed by atoms with Crippen molar-refractivity contribution < 1.29 is 33.2 Å². The van der Waals surface area contributed by atoms with Crippen LogP contribution in [0.15, 0.2) is 24.3 Å². The molecule has 34 heavy (non-hydrogen) atoms. The zero-order valence-electron chi connectivity index (χ0n) is 19.8. The molecule has 1 amide bonds. The highest BCUT2D eigenvalue weighted by Crippen LogP contribution is 2.51. The van der Waals surface area contributed by atoms with E-state index in [4.69, 9.17) is 28.4 Å². The first-order valence-corrected chi connectivity index (χ1v) is 13.0. The Bertz CT molecular complexity index is 895. The van der Waals surface area contributed by atoms with E-state index < -0.39 is 42.3 Å². The molecule has 5 aliphatic rings. The molecule has 1 aromatic carbocycles. The predicted molar refractivity (Wildman–Crippen MR) is 122 cm³/mol. The largest absolute Gasteiger partial charge is 0.492 e. The van der Waals surface area contributed by atoms with Crippen molar-refractivity contribution in [1.29, 1.82) is 0 Å². The molecule has 0 radical (unpaired) electrons. The maximum absolute atomic E-state index is 13.6. The Kier molecular flexibility index (Phi) is 6.06. The maximum atomic E-state index is 13.6. The van der Waals surface area contributed by atoms with E-state index in [1.807, 2.05) is 31.2 Å². The van der Waals surface area contributed by atoms with Gasteiger partial charge in [0.05, 0.1) is 12.3 Å². The number of benzene rings is 1. The SMILES string of the molecule is CCOc1ccccc1NC(=O)[C@@H]1O[C@@H]2OC3(CCCCC3)O[C@@H]2[C@@H]2OC3(CCCCC3)O[C@H]21. The van der Waals surface area contributed by atoms with Gasteiger partial charge in [-0.15, -0.1) is 0 Å². The number of anilines is 1. The van der Waals surface area contributed by atoms with Gasteiger partial charge in [0.1, 0.15) is 24.1 Å². The summed E-state index contributed by atoms with van der Waals surface area (Å²) >= 11 is 0. The minimum atomic E-state index is -0.871. The number of hydrogen-bond donors (Lipinski definition) is 1. The molecule has 0 aromatic heterocycles. The Morgan fingerprint density at radius 3 is 2.21 bits per heavy atom. The highest BCUT2D eigenvalue weighted by molar-refractivity contribution is 5.96. The zero-order chi connectivity index (χ0) is 23.2. The van der Waals surface area contributed by atoms with Crippen LogP contribution in [0.1, 0.15) is 71.1 Å². The molecule has 2 spiro atoms. The average Bonchev–Trinajstić information content (AvgIpc) is 3.38. The molecular formula is C26H35NO7. The number of amides is 1. The maximum Gasteiger partial charge on any atom is 0.256 e. The van der Waals surface area contributed by atoms with E-state index in [9.17, 15) is 4.79 Å². The minimum Gasteiger partial charge on any atom is -0.492 e. The highest BCUT2D eigenvalue weighted by atomic mass is 16.9. The number of ether oxygens (including phenoxy) is 6. The summed E-state index contributed by atoms with van der Waals surface area (Å²) < 4.78 is 38.1. The van der Waals surface area contributed by atoms with Crippen LogP contribution in [-0.2, 0) is 28.5 Å². The van der Waals surface area contributed by atoms with Gasteiger partial charge in [0.25, 0.3) is 5.91 Å². The summed E-state index contributed by atoms with van der Waals surface area (Å²) in [6.07, 6.45) is 7.02. The first kappa shape index (κ1) is 22.7. The van der Waals surface area contributed by atoms with Crippen molar-refractivity contribution in [2.75, 3.05) is 11.9 Å². The van der Waals surface area contributed by atoms with Crippen LogP contribution in [0.5, 0.6) is 5.75 Å². The van der Waals surface area contributed by atoms with Crippen molar-refractivity contribution in [3.8, 4) is 5.75 Å². The second-order valence-corrected chi connectivity index (χ2v) is 10.2. The number of fused-ring (bicyclic) bond motifs is 3. The molecule has 1 aromatic rings. The number of carbonyl (C=O) groups is 1. The Labute approximate surface area is 200 Å². The molecule has 2 saturated carbocycles. The molecule has 3 heterocycles. The van der Waals surface area contributed by atoms with Gasteiger partial charge in [0, 0.05) is 25.7 Å². The van der Waals surface area contributed by atoms with Crippen LogP contribution in [0.2, 0.25) is 0 Å². The van der Waals surface area contributed by atoms with Crippen LogP contribution < -0.4 is 10.1 Å². The fourth-order valence-electron chi connectivity index (χ4n) is 6.22. The normalized spacial score (nSPS) is 35.6. The van der Waals surface area contributed by atoms with Gasteiger partial charge < -0.3 is 33.7 Å². The van der Waals surface area contributed by atoms with Crippen LogP contribution in [0.4, 0.5) is 5.69 Å². The van der Waals surface area contributed by atoms with Crippen molar-refractivity contribution >= 4 is 11.6 Å². The van der Waals surface area contributed by atoms with Crippen molar-refractivity contribution in [3.05, 3.63) is 24.3 Å². The van der Waals surface area contributed by atoms with Crippen molar-refractivity contribution in [1.82, 2.24) is 0 Å². The van der Waals surface area contributed by atoms with Crippen molar-refractivity contribution in [2.24, 2.45) is 0 Å². The molecule has 3 aliphatic heterocycles. The van der Waals surface area contributed by atoms with Gasteiger partial charge in [0.15, 0.2) is 24.0 Å². The third kappa shape index (κ3) is 4.03. The van der Waals surface area contributed by atoms with E-state index in [1.54, 1.807) is 0 Å². The predicted octanol–water partition coefficient (Wildman–Crippen LogP) is 4.27. The third-order valence-electron chi connectivity index (χ3n) is 7.81. The smallest absolute Gasteiger partial charge is 0.256 e. The van der Waals surface area contributed by atoms with Gasteiger partial charge in [0.2, 0.25) is 0 Å². The first-order valence-electron chi connectivity index (χ1n) is 13.0. The summed E-state index contributed by atoms with van der Waals surface area (Å²) in [6, 6.07) is 7.41. The summed E-state index contributed by atoms with van der Waals surface area (Å²) in [7, 11) is 0. The molecular weight excluding hydrogens is 438 g/mol. The van der Waals surface area contributed by atoms with E-state index in [-0.39, 0.29) is 5.91 Å². The first-order chi connectivity index (χ1) is 16.6. The van der Waals surface area contributed by atoms with Gasteiger partial charge in [-0.1, -0.05) is 25.0 Å². The molecule has 0 bridgehead atoms. The Morgan fingerprint density at radius 1 is 0.882 bits per heavy atom. The van der Waals surface area contributed by atoms with E-state index in [0.717, 1.165) is 51.4 Å². The standard InChI is InChI=1S/C26H35NO7/c1-2-29-18-12-6-5-11-17(18)27-23(28)21-19-20(32-25(31-19)13-7-3-8-14-25)22-24(30-21)34-26(33-22)15-9-4-10-16-26/h5-6,11-12,19-22,24H,2-4,7-10,13-16H2,1H3,(H,27,28)/t19-,20-,21-,22-,24-/m1/s1. The van der Waals surface area contributed by atoms with Crippen LogP contribution in [0.3, 0.4) is 0 Å². The molecule has 186 valence electrons. The number of hydrogen-bond acceptors (Lipinski definition) is 7. The summed E-state index contributed by atoms with van der Waals surface area (Å²) in [4.78, 5) is 13.6. The summed E-state index contributed by atoms with van der Waals surface area (Å²) in [5.41, 5.74) is 0.607. The van der Waals surface area contributed by atoms with Crippen LogP contribution in [0, 0.1) is 0 Å². The number of nitrogens with one attached hydrogen (secondary N) is 1. The summed E-state index contributed by atoms with van der Waals surface area (Å²) in [5, 5.41) is 3.00. The Balaban J connectivity index is 1.27. The van der Waals surface area contributed by atoms with Gasteiger partial charge in [-0.3, -0.25) is 4.79 Å². The topological polar surface area (TPSA) is 84.5 Å². The molecule has 0 unspecified atom stereocenters. The van der Waals surface area contributed by atoms with Crippen molar-refractivity contribution in [3.63, 3.8) is 0 Å². The van der Waals surface area contributed by atoms with E-state index in [0.29, 0.717) is 18.0 Å². The van der Waals surface area contributed by atoms with Gasteiger partial charge in [-0.25, -0.2) is 0 Å². The highest BCUT2D eigenvalue weighted by Gasteiger charge is 2.65. The van der Waals surface area contributed by atoms with Crippen LogP contribution >= 0.6 is 0 Å². The molecule has 2 aliphatic carbocycles. The average molecular weight is 474 g/mol. The zero-order valence-corrected chi connectivity index (χ0v) is 19.8.